The third-order valence-corrected chi connectivity index (χ3v) is 7.24. The van der Waals surface area contributed by atoms with Crippen LogP contribution in [0.2, 0.25) is 0 Å². The van der Waals surface area contributed by atoms with Gasteiger partial charge in [0, 0.05) is 63.6 Å². The Hall–Kier alpha value is -4.30. The molecule has 1 aliphatic heterocycles. The minimum atomic E-state index is -1.45. The number of Topliss-reactive ketones (excluding diaryl/α,β-unsaturated/α-hetero) is 1. The van der Waals surface area contributed by atoms with Gasteiger partial charge in [-0.2, -0.15) is 4.37 Å². The van der Waals surface area contributed by atoms with E-state index in [0.29, 0.717) is 18.8 Å². The van der Waals surface area contributed by atoms with Crippen LogP contribution >= 0.6 is 11.5 Å². The molecule has 5 rings (SSSR count). The van der Waals surface area contributed by atoms with Crippen LogP contribution < -0.4 is 15.2 Å². The van der Waals surface area contributed by atoms with Crippen LogP contribution in [-0.4, -0.2) is 81.2 Å². The molecule has 202 valence electrons. The molecule has 1 aliphatic rings. The number of fused-ring (bicyclic) bond motifs is 1. The maximum Gasteiger partial charge on any atom is 0.341 e. The molecule has 5 heterocycles. The van der Waals surface area contributed by atoms with Gasteiger partial charge in [-0.1, -0.05) is 0 Å². The normalized spacial score (nSPS) is 13.5. The first-order valence-electron chi connectivity index (χ1n) is 12.0. The van der Waals surface area contributed by atoms with Crippen molar-refractivity contribution < 1.29 is 23.8 Å². The van der Waals surface area contributed by atoms with Gasteiger partial charge in [-0.05, 0) is 18.2 Å². The van der Waals surface area contributed by atoms with Crippen molar-refractivity contribution in [1.82, 2.24) is 23.9 Å². The van der Waals surface area contributed by atoms with E-state index in [9.17, 15) is 19.5 Å². The maximum atomic E-state index is 15.1. The molecule has 0 spiro atoms. The van der Waals surface area contributed by atoms with E-state index < -0.39 is 22.8 Å². The zero-order chi connectivity index (χ0) is 27.7. The first kappa shape index (κ1) is 26.3. The summed E-state index contributed by atoms with van der Waals surface area (Å²) in [4.78, 5) is 53.6. The molecule has 4 aromatic rings. The molecule has 0 aromatic carbocycles. The maximum absolute atomic E-state index is 15.1. The number of carboxylic acid groups (broad SMARTS) is 1. The van der Waals surface area contributed by atoms with Gasteiger partial charge in [0.05, 0.1) is 29.8 Å². The number of likely N-dealkylation sites (N-methyl/N-ethyl adjacent to an activating group) is 1. The lowest BCUT2D eigenvalue weighted by atomic mass is 9.92. The summed E-state index contributed by atoms with van der Waals surface area (Å²) in [6.07, 6.45) is 4.26. The van der Waals surface area contributed by atoms with Gasteiger partial charge < -0.3 is 19.6 Å². The Morgan fingerprint density at radius 1 is 1.28 bits per heavy atom. The molecule has 1 fully saturated rings. The fourth-order valence-electron chi connectivity index (χ4n) is 4.29. The molecule has 1 N–H and O–H groups in total. The highest BCUT2D eigenvalue weighted by molar-refractivity contribution is 7.08. The molecule has 4 aromatic heterocycles. The Kier molecular flexibility index (Phi) is 7.30. The number of ether oxygens (including phenoxy) is 1. The third-order valence-electron chi connectivity index (χ3n) is 6.57. The van der Waals surface area contributed by atoms with Crippen molar-refractivity contribution in [2.24, 2.45) is 5.92 Å². The van der Waals surface area contributed by atoms with Gasteiger partial charge in [0.2, 0.25) is 10.6 Å². The average molecular weight is 554 g/mol. The van der Waals surface area contributed by atoms with Gasteiger partial charge in [0.25, 0.3) is 0 Å². The number of ketones is 1. The van der Waals surface area contributed by atoms with E-state index in [2.05, 4.69) is 19.3 Å². The number of hydrogen-bond acceptors (Lipinski definition) is 11. The van der Waals surface area contributed by atoms with Crippen molar-refractivity contribution in [3.63, 3.8) is 0 Å². The van der Waals surface area contributed by atoms with Crippen LogP contribution in [-0.2, 0) is 16.0 Å². The lowest BCUT2D eigenvalue weighted by Crippen LogP contribution is -2.51. The van der Waals surface area contributed by atoms with Crippen LogP contribution in [0.4, 0.5) is 15.9 Å². The molecular weight excluding hydrogens is 529 g/mol. The van der Waals surface area contributed by atoms with E-state index in [-0.39, 0.29) is 53.2 Å². The van der Waals surface area contributed by atoms with Crippen LogP contribution in [0, 0.1) is 11.7 Å². The predicted molar refractivity (Wildman–Crippen MR) is 142 cm³/mol. The molecule has 0 saturated carbocycles. The van der Waals surface area contributed by atoms with Crippen molar-refractivity contribution in [2.45, 2.75) is 6.42 Å². The van der Waals surface area contributed by atoms with Crippen LogP contribution in [0.15, 0.2) is 41.7 Å². The number of carboxylic acids is 1. The van der Waals surface area contributed by atoms with Crippen LogP contribution in [0.25, 0.3) is 16.2 Å². The molecular formula is C25H24FN7O5S. The quantitative estimate of drug-likeness (QED) is 0.307. The molecule has 0 radical (unpaired) electrons. The van der Waals surface area contributed by atoms with E-state index in [0.717, 1.165) is 29.5 Å². The number of anilines is 2. The zero-order valence-electron chi connectivity index (χ0n) is 21.1. The molecule has 12 nitrogen and oxygen atoms in total. The van der Waals surface area contributed by atoms with Crippen LogP contribution in [0.1, 0.15) is 16.1 Å². The number of carbonyl (C=O) groups is 2. The summed E-state index contributed by atoms with van der Waals surface area (Å²) in [6.45, 7) is 1.81. The fourth-order valence-corrected chi connectivity index (χ4v) is 4.80. The van der Waals surface area contributed by atoms with E-state index in [1.807, 2.05) is 24.1 Å². The number of carbonyl (C=O) groups excluding carboxylic acids is 1. The predicted octanol–water partition coefficient (Wildman–Crippen LogP) is 1.80. The van der Waals surface area contributed by atoms with E-state index in [1.165, 1.54) is 10.9 Å². The Morgan fingerprint density at radius 2 is 2.08 bits per heavy atom. The number of pyridine rings is 3. The summed E-state index contributed by atoms with van der Waals surface area (Å²) >= 11 is 0.967. The number of hydrogen-bond donors (Lipinski definition) is 1. The second kappa shape index (κ2) is 10.8. The second-order valence-corrected chi connectivity index (χ2v) is 9.86. The van der Waals surface area contributed by atoms with Crippen molar-refractivity contribution in [3.05, 3.63) is 64.2 Å². The number of nitrogens with zero attached hydrogens (tertiary/aromatic N) is 7. The molecule has 0 unspecified atom stereocenters. The number of methoxy groups -OCH3 is 1. The molecule has 14 heteroatoms. The number of halogens is 1. The Bertz CT molecular complexity index is 1590. The SMILES string of the molecule is COCCN(C)c1ccc(CC(=O)C2CN(c3nc4c(cc3F)c(=O)c(C(=O)O)cn4-c3ncns3)C2)nc1. The minimum absolute atomic E-state index is 0.0164. The van der Waals surface area contributed by atoms with Crippen LogP contribution in [0.5, 0.6) is 0 Å². The van der Waals surface area contributed by atoms with Crippen molar-refractivity contribution >= 4 is 45.8 Å². The molecule has 39 heavy (non-hydrogen) atoms. The van der Waals surface area contributed by atoms with E-state index >= 15 is 4.39 Å². The molecule has 0 amide bonds. The topological polar surface area (TPSA) is 144 Å². The smallest absolute Gasteiger partial charge is 0.341 e. The number of aromatic carboxylic acids is 1. The van der Waals surface area contributed by atoms with Crippen LogP contribution in [0.3, 0.4) is 0 Å². The highest BCUT2D eigenvalue weighted by Crippen LogP contribution is 2.29. The average Bonchev–Trinajstić information content (AvgIpc) is 3.42. The van der Waals surface area contributed by atoms with Crippen molar-refractivity contribution in [3.8, 4) is 5.13 Å². The minimum Gasteiger partial charge on any atom is -0.477 e. The second-order valence-electron chi connectivity index (χ2n) is 9.10. The number of aromatic nitrogens is 5. The Morgan fingerprint density at radius 3 is 2.72 bits per heavy atom. The summed E-state index contributed by atoms with van der Waals surface area (Å²) in [5.74, 6) is -2.61. The van der Waals surface area contributed by atoms with Gasteiger partial charge in [-0.25, -0.2) is 19.2 Å². The van der Waals surface area contributed by atoms with Gasteiger partial charge >= 0.3 is 5.97 Å². The molecule has 0 bridgehead atoms. The fraction of sp³-hybridized carbons (Fsp3) is 0.320. The lowest BCUT2D eigenvalue weighted by Gasteiger charge is -2.39. The first-order valence-corrected chi connectivity index (χ1v) is 12.7. The summed E-state index contributed by atoms with van der Waals surface area (Å²) in [6, 6.07) is 4.70. The lowest BCUT2D eigenvalue weighted by molar-refractivity contribution is -0.123. The van der Waals surface area contributed by atoms with Crippen molar-refractivity contribution in [2.75, 3.05) is 50.2 Å². The van der Waals surface area contributed by atoms with Gasteiger partial charge in [-0.15, -0.1) is 0 Å². The van der Waals surface area contributed by atoms with Gasteiger partial charge in [-0.3, -0.25) is 19.1 Å². The van der Waals surface area contributed by atoms with E-state index in [1.54, 1.807) is 18.2 Å². The highest BCUT2D eigenvalue weighted by atomic mass is 32.1. The standard InChI is InChI=1S/C25H24FN7O5S/c1-31(5-6-38-2)16-4-3-15(27-9-16)7-20(34)14-10-32(11-14)23-19(26)8-17-21(35)18(24(36)37)12-33(22(17)30-23)25-28-13-29-39-25/h3-4,8-9,12-14H,5-7,10-11H2,1-2H3,(H,36,37). The van der Waals surface area contributed by atoms with Gasteiger partial charge in [0.1, 0.15) is 17.7 Å². The monoisotopic (exact) mass is 553 g/mol. The summed E-state index contributed by atoms with van der Waals surface area (Å²) in [5, 5.41) is 9.53. The summed E-state index contributed by atoms with van der Waals surface area (Å²) < 4.78 is 25.4. The third kappa shape index (κ3) is 5.20. The molecule has 0 aliphatic carbocycles. The molecule has 1 saturated heterocycles. The Labute approximate surface area is 225 Å². The molecule has 0 atom stereocenters. The summed E-state index contributed by atoms with van der Waals surface area (Å²) in [7, 11) is 3.57. The summed E-state index contributed by atoms with van der Waals surface area (Å²) in [5.41, 5.74) is 0.222. The largest absolute Gasteiger partial charge is 0.477 e. The van der Waals surface area contributed by atoms with Gasteiger partial charge in [0.15, 0.2) is 17.3 Å². The van der Waals surface area contributed by atoms with E-state index in [4.69, 9.17) is 4.74 Å². The Balaban J connectivity index is 1.33. The first-order chi connectivity index (χ1) is 18.8. The zero-order valence-corrected chi connectivity index (χ0v) is 21.9. The number of rotatable bonds is 10. The highest BCUT2D eigenvalue weighted by Gasteiger charge is 2.35. The van der Waals surface area contributed by atoms with Crippen molar-refractivity contribution in [1.29, 1.82) is 0 Å².